The van der Waals surface area contributed by atoms with Crippen molar-refractivity contribution >= 4 is 21.7 Å². The van der Waals surface area contributed by atoms with Gasteiger partial charge in [0.15, 0.2) is 0 Å². The van der Waals surface area contributed by atoms with E-state index in [9.17, 15) is 0 Å². The third-order valence-corrected chi connectivity index (χ3v) is 10.2. The molecule has 0 saturated carbocycles. The molecule has 0 atom stereocenters. The van der Waals surface area contributed by atoms with Gasteiger partial charge in [-0.15, -0.1) is 0 Å². The maximum atomic E-state index is 5.30. The molecule has 5 nitrogen and oxygen atoms in total. The fourth-order valence-corrected chi connectivity index (χ4v) is 7.28. The van der Waals surface area contributed by atoms with Crippen LogP contribution in [0, 0.1) is 27.7 Å². The van der Waals surface area contributed by atoms with Crippen molar-refractivity contribution in [3.8, 4) is 28.5 Å². The van der Waals surface area contributed by atoms with E-state index in [0.29, 0.717) is 0 Å². The third-order valence-electron chi connectivity index (χ3n) is 10.2. The summed E-state index contributed by atoms with van der Waals surface area (Å²) in [5.41, 5.74) is 11.0. The highest BCUT2D eigenvalue weighted by Crippen LogP contribution is 2.26. The fourth-order valence-electron chi connectivity index (χ4n) is 7.28. The van der Waals surface area contributed by atoms with Gasteiger partial charge in [-0.3, -0.25) is 0 Å². The van der Waals surface area contributed by atoms with Crippen molar-refractivity contribution in [2.24, 2.45) is 0 Å². The summed E-state index contributed by atoms with van der Waals surface area (Å²) in [4.78, 5) is 0. The van der Waals surface area contributed by atoms with Gasteiger partial charge in [-0.1, -0.05) is 103 Å². The van der Waals surface area contributed by atoms with Gasteiger partial charge in [0.05, 0.1) is 24.0 Å². The van der Waals surface area contributed by atoms with Gasteiger partial charge in [-0.05, 0) is 124 Å². The van der Waals surface area contributed by atoms with Gasteiger partial charge < -0.3 is 23.0 Å². The first-order chi connectivity index (χ1) is 28.4. The third kappa shape index (κ3) is 8.90. The number of fused-ring (bicyclic) bond motifs is 2. The molecule has 10 aromatic rings. The number of methoxy groups -OCH3 is 1. The molecule has 0 aliphatic rings. The zero-order chi connectivity index (χ0) is 40.3. The predicted molar refractivity (Wildman–Crippen MR) is 244 cm³/mol. The summed E-state index contributed by atoms with van der Waals surface area (Å²) in [6, 6.07) is 66.9. The Morgan fingerprint density at radius 2 is 0.845 bits per heavy atom. The molecular formula is C53H50N4O. The lowest BCUT2D eigenvalue weighted by atomic mass is 10.1. The summed E-state index contributed by atoms with van der Waals surface area (Å²) in [5.74, 6) is 0.895. The number of hydrogen-bond donors (Lipinski definition) is 0. The summed E-state index contributed by atoms with van der Waals surface area (Å²) in [6.45, 7) is 8.45. The number of benzene rings is 6. The van der Waals surface area contributed by atoms with Crippen LogP contribution in [-0.2, 0) is 0 Å². The minimum absolute atomic E-state index is 0.895. The van der Waals surface area contributed by atoms with Gasteiger partial charge >= 0.3 is 0 Å². The van der Waals surface area contributed by atoms with Crippen molar-refractivity contribution in [3.63, 3.8) is 0 Å². The number of aromatic nitrogens is 4. The molecule has 0 bridgehead atoms. The Balaban J connectivity index is 0.000000118. The molecule has 0 radical (unpaired) electrons. The summed E-state index contributed by atoms with van der Waals surface area (Å²) in [6.07, 6.45) is 6.22. The summed E-state index contributed by atoms with van der Waals surface area (Å²) >= 11 is 0. The lowest BCUT2D eigenvalue weighted by Crippen LogP contribution is -1.97. The fraction of sp³-hybridized carbons (Fsp3) is 0.0943. The molecule has 0 saturated heterocycles. The molecule has 58 heavy (non-hydrogen) atoms. The Kier molecular flexibility index (Phi) is 12.5. The average molecular weight is 759 g/mol. The molecule has 0 aliphatic carbocycles. The van der Waals surface area contributed by atoms with E-state index in [-0.39, 0.29) is 0 Å². The smallest absolute Gasteiger partial charge is 0.142 e. The normalized spacial score (nSPS) is 10.5. The first-order valence-electron chi connectivity index (χ1n) is 19.6. The van der Waals surface area contributed by atoms with Gasteiger partial charge in [0, 0.05) is 63.5 Å². The van der Waals surface area contributed by atoms with Gasteiger partial charge in [0.25, 0.3) is 0 Å². The Morgan fingerprint density at radius 1 is 0.362 bits per heavy atom. The van der Waals surface area contributed by atoms with Crippen LogP contribution >= 0.6 is 0 Å². The van der Waals surface area contributed by atoms with E-state index < -0.39 is 0 Å². The van der Waals surface area contributed by atoms with E-state index in [0.717, 1.165) is 11.4 Å². The minimum atomic E-state index is 0.895. The SMILES string of the molecule is COc1ccccc1-n1cccc1C.Cc1cc2ccccc2n1-c1ccccc1.Cc1cccn1-c1cccc2ccccc12.Cc1cccn1-c1ccccc1. The second-order valence-corrected chi connectivity index (χ2v) is 14.1. The number of para-hydroxylation sites is 5. The zero-order valence-corrected chi connectivity index (χ0v) is 33.9. The van der Waals surface area contributed by atoms with Gasteiger partial charge in [-0.25, -0.2) is 0 Å². The van der Waals surface area contributed by atoms with Crippen LogP contribution < -0.4 is 4.74 Å². The van der Waals surface area contributed by atoms with Crippen LogP contribution in [0.2, 0.25) is 0 Å². The quantitative estimate of drug-likeness (QED) is 0.172. The highest BCUT2D eigenvalue weighted by atomic mass is 16.5. The molecule has 4 heterocycles. The van der Waals surface area contributed by atoms with E-state index in [2.05, 4.69) is 210 Å². The molecule has 6 aromatic carbocycles. The minimum Gasteiger partial charge on any atom is -0.495 e. The summed E-state index contributed by atoms with van der Waals surface area (Å²) in [5, 5.41) is 3.88. The molecule has 0 unspecified atom stereocenters. The van der Waals surface area contributed by atoms with Crippen LogP contribution in [0.4, 0.5) is 0 Å². The van der Waals surface area contributed by atoms with Crippen LogP contribution in [0.5, 0.6) is 5.75 Å². The predicted octanol–water partition coefficient (Wildman–Crippen LogP) is 13.5. The number of nitrogens with zero attached hydrogens (tertiary/aromatic N) is 4. The maximum absolute atomic E-state index is 5.30. The number of ether oxygens (including phenoxy) is 1. The second kappa shape index (κ2) is 18.6. The monoisotopic (exact) mass is 758 g/mol. The highest BCUT2D eigenvalue weighted by Gasteiger charge is 2.07. The molecule has 4 aromatic heterocycles. The van der Waals surface area contributed by atoms with Gasteiger partial charge in [0.2, 0.25) is 0 Å². The number of rotatable bonds is 5. The van der Waals surface area contributed by atoms with Crippen molar-refractivity contribution in [2.75, 3.05) is 7.11 Å². The Labute approximate surface area is 342 Å². The van der Waals surface area contributed by atoms with Crippen molar-refractivity contribution in [3.05, 3.63) is 235 Å². The first-order valence-corrected chi connectivity index (χ1v) is 19.6. The Bertz CT molecular complexity index is 2810. The standard InChI is InChI=1S/2C15H13N.C12H13NO.C11H11N/c1-12-6-5-11-16(12)15-10-4-8-13-7-2-3-9-14(13)15;1-12-11-13-7-5-6-10-15(13)16(12)14-8-3-2-4-9-14;1-10-6-5-9-13(10)11-7-3-4-8-12(11)14-2;1-10-6-5-9-12(10)11-7-3-2-4-8-11/h2*2-11H,1H3;3-9H,1-2H3;2-9H,1H3. The lowest BCUT2D eigenvalue weighted by Gasteiger charge is -2.10. The molecule has 288 valence electrons. The topological polar surface area (TPSA) is 28.9 Å². The van der Waals surface area contributed by atoms with Gasteiger partial charge in [0.1, 0.15) is 5.75 Å². The first kappa shape index (κ1) is 39.0. The van der Waals surface area contributed by atoms with E-state index in [4.69, 9.17) is 4.74 Å². The molecule has 0 N–H and O–H groups in total. The van der Waals surface area contributed by atoms with Gasteiger partial charge in [-0.2, -0.15) is 0 Å². The Morgan fingerprint density at radius 3 is 1.47 bits per heavy atom. The zero-order valence-electron chi connectivity index (χ0n) is 33.9. The largest absolute Gasteiger partial charge is 0.495 e. The van der Waals surface area contributed by atoms with E-state index in [1.165, 1.54) is 61.5 Å². The van der Waals surface area contributed by atoms with Crippen molar-refractivity contribution in [1.82, 2.24) is 18.3 Å². The number of hydrogen-bond acceptors (Lipinski definition) is 1. The number of aryl methyl sites for hydroxylation is 4. The molecule has 10 rings (SSSR count). The second-order valence-electron chi connectivity index (χ2n) is 14.1. The average Bonchev–Trinajstić information content (AvgIpc) is 4.09. The van der Waals surface area contributed by atoms with E-state index >= 15 is 0 Å². The summed E-state index contributed by atoms with van der Waals surface area (Å²) in [7, 11) is 1.69. The molecular weight excluding hydrogens is 709 g/mol. The Hall–Kier alpha value is -7.24. The van der Waals surface area contributed by atoms with Crippen LogP contribution in [-0.4, -0.2) is 25.4 Å². The van der Waals surface area contributed by atoms with Crippen molar-refractivity contribution in [1.29, 1.82) is 0 Å². The van der Waals surface area contributed by atoms with Crippen LogP contribution in [0.3, 0.4) is 0 Å². The van der Waals surface area contributed by atoms with Crippen LogP contribution in [0.1, 0.15) is 22.8 Å². The summed E-state index contributed by atoms with van der Waals surface area (Å²) < 4.78 is 14.1. The maximum Gasteiger partial charge on any atom is 0.142 e. The van der Waals surface area contributed by atoms with E-state index in [1.807, 2.05) is 48.7 Å². The van der Waals surface area contributed by atoms with E-state index in [1.54, 1.807) is 7.11 Å². The highest BCUT2D eigenvalue weighted by molar-refractivity contribution is 5.90. The molecule has 5 heteroatoms. The van der Waals surface area contributed by atoms with Crippen molar-refractivity contribution < 1.29 is 4.74 Å². The molecule has 0 spiro atoms. The lowest BCUT2D eigenvalue weighted by molar-refractivity contribution is 0.412. The van der Waals surface area contributed by atoms with Crippen LogP contribution in [0.25, 0.3) is 44.4 Å². The molecule has 0 fully saturated rings. The van der Waals surface area contributed by atoms with Crippen LogP contribution in [0.15, 0.2) is 213 Å². The van der Waals surface area contributed by atoms with Crippen molar-refractivity contribution in [2.45, 2.75) is 27.7 Å². The molecule has 0 aliphatic heterocycles. The molecule has 0 amide bonds.